The third-order valence-corrected chi connectivity index (χ3v) is 3.06. The molecular weight excluding hydrogens is 266 g/mol. The van der Waals surface area contributed by atoms with Crippen LogP contribution in [0.4, 0.5) is 11.4 Å². The van der Waals surface area contributed by atoms with Crippen LogP contribution in [-0.2, 0) is 0 Å². The summed E-state index contributed by atoms with van der Waals surface area (Å²) in [5.74, 6) is 0. The minimum absolute atomic E-state index is 0.995. The van der Waals surface area contributed by atoms with Gasteiger partial charge in [-0.2, -0.15) is 0 Å². The summed E-state index contributed by atoms with van der Waals surface area (Å²) in [4.78, 5) is 2.16. The standard InChI is InChI=1S/C19H19N.C2H6/c1-4-9-17(5-2)20(18-10-7-6-8-11-18)19-14-12-16(3)13-15-19;1-2/h4-15H,1-2H2,3H3;1-2H3/b17-9+;. The van der Waals surface area contributed by atoms with E-state index in [1.165, 1.54) is 5.56 Å². The van der Waals surface area contributed by atoms with Crippen LogP contribution >= 0.6 is 0 Å². The maximum atomic E-state index is 3.91. The zero-order valence-electron chi connectivity index (χ0n) is 13.8. The number of hydrogen-bond acceptors (Lipinski definition) is 1. The minimum Gasteiger partial charge on any atom is -0.311 e. The lowest BCUT2D eigenvalue weighted by molar-refractivity contribution is 1.21. The SMILES string of the molecule is C=C/C=C(\C=C)N(c1ccccc1)c1ccc(C)cc1.CC. The van der Waals surface area contributed by atoms with Crippen molar-refractivity contribution in [2.45, 2.75) is 20.8 Å². The van der Waals surface area contributed by atoms with Crippen LogP contribution in [0.1, 0.15) is 19.4 Å². The van der Waals surface area contributed by atoms with Crippen molar-refractivity contribution in [2.75, 3.05) is 4.90 Å². The summed E-state index contributed by atoms with van der Waals surface area (Å²) in [6.45, 7) is 13.8. The van der Waals surface area contributed by atoms with E-state index in [0.717, 1.165) is 17.1 Å². The van der Waals surface area contributed by atoms with Crippen molar-refractivity contribution in [3.63, 3.8) is 0 Å². The molecule has 0 amide bonds. The Labute approximate surface area is 134 Å². The van der Waals surface area contributed by atoms with Crippen LogP contribution in [0, 0.1) is 6.92 Å². The first-order valence-electron chi connectivity index (χ1n) is 7.63. The molecule has 0 N–H and O–H groups in total. The zero-order valence-corrected chi connectivity index (χ0v) is 13.8. The van der Waals surface area contributed by atoms with Gasteiger partial charge in [0.1, 0.15) is 0 Å². The lowest BCUT2D eigenvalue weighted by Gasteiger charge is -2.26. The molecule has 0 aromatic heterocycles. The average molecular weight is 291 g/mol. The van der Waals surface area contributed by atoms with Crippen LogP contribution in [0.15, 0.2) is 91.7 Å². The molecule has 0 aliphatic heterocycles. The van der Waals surface area contributed by atoms with Gasteiger partial charge in [-0.25, -0.2) is 0 Å². The number of rotatable bonds is 5. The normalized spacial score (nSPS) is 10.2. The molecule has 1 nitrogen and oxygen atoms in total. The summed E-state index contributed by atoms with van der Waals surface area (Å²) < 4.78 is 0. The predicted molar refractivity (Wildman–Crippen MR) is 99.6 cm³/mol. The molecule has 0 atom stereocenters. The molecule has 114 valence electrons. The van der Waals surface area contributed by atoms with Gasteiger partial charge in [0.15, 0.2) is 0 Å². The minimum atomic E-state index is 0.995. The Bertz CT molecular complexity index is 606. The van der Waals surface area contributed by atoms with Crippen LogP contribution in [0.5, 0.6) is 0 Å². The van der Waals surface area contributed by atoms with Crippen molar-refractivity contribution in [1.82, 2.24) is 0 Å². The van der Waals surface area contributed by atoms with Crippen LogP contribution in [0.25, 0.3) is 0 Å². The van der Waals surface area contributed by atoms with E-state index in [2.05, 4.69) is 61.4 Å². The van der Waals surface area contributed by atoms with Crippen molar-refractivity contribution < 1.29 is 0 Å². The highest BCUT2D eigenvalue weighted by molar-refractivity contribution is 5.70. The summed E-state index contributed by atoms with van der Waals surface area (Å²) in [6, 6.07) is 18.7. The van der Waals surface area contributed by atoms with Crippen molar-refractivity contribution in [3.8, 4) is 0 Å². The average Bonchev–Trinajstić information content (AvgIpc) is 2.59. The summed E-state index contributed by atoms with van der Waals surface area (Å²) in [5.41, 5.74) is 4.45. The van der Waals surface area contributed by atoms with Gasteiger partial charge in [-0.1, -0.05) is 69.0 Å². The molecule has 1 heteroatoms. The molecule has 0 saturated carbocycles. The lowest BCUT2D eigenvalue weighted by Crippen LogP contribution is -2.14. The lowest BCUT2D eigenvalue weighted by atomic mass is 10.1. The Balaban J connectivity index is 0.00000116. The first kappa shape index (κ1) is 17.5. The van der Waals surface area contributed by atoms with Gasteiger partial charge >= 0.3 is 0 Å². The maximum Gasteiger partial charge on any atom is 0.0461 e. The molecule has 0 saturated heterocycles. The molecule has 0 aliphatic carbocycles. The summed E-state index contributed by atoms with van der Waals surface area (Å²) in [5, 5.41) is 0. The third kappa shape index (κ3) is 4.49. The maximum absolute atomic E-state index is 3.91. The number of anilines is 2. The van der Waals surface area contributed by atoms with Gasteiger partial charge in [0.25, 0.3) is 0 Å². The van der Waals surface area contributed by atoms with Gasteiger partial charge in [0, 0.05) is 17.1 Å². The van der Waals surface area contributed by atoms with E-state index in [-0.39, 0.29) is 0 Å². The number of benzene rings is 2. The van der Waals surface area contributed by atoms with Crippen LogP contribution < -0.4 is 4.90 Å². The quantitative estimate of drug-likeness (QED) is 0.575. The molecule has 0 aliphatic rings. The fourth-order valence-corrected chi connectivity index (χ4v) is 2.07. The van der Waals surface area contributed by atoms with Gasteiger partial charge in [-0.3, -0.25) is 0 Å². The van der Waals surface area contributed by atoms with E-state index in [1.54, 1.807) is 6.08 Å². The monoisotopic (exact) mass is 291 g/mol. The molecule has 2 rings (SSSR count). The van der Waals surface area contributed by atoms with E-state index in [0.29, 0.717) is 0 Å². The highest BCUT2D eigenvalue weighted by Crippen LogP contribution is 2.30. The predicted octanol–water partition coefficient (Wildman–Crippen LogP) is 6.42. The molecular formula is C21H25N. The fourth-order valence-electron chi connectivity index (χ4n) is 2.07. The zero-order chi connectivity index (χ0) is 16.4. The Kier molecular flexibility index (Phi) is 7.49. The molecule has 2 aromatic carbocycles. The number of para-hydroxylation sites is 1. The smallest absolute Gasteiger partial charge is 0.0461 e. The third-order valence-electron chi connectivity index (χ3n) is 3.06. The largest absolute Gasteiger partial charge is 0.311 e. The van der Waals surface area contributed by atoms with E-state index in [4.69, 9.17) is 0 Å². The van der Waals surface area contributed by atoms with Crippen LogP contribution in [-0.4, -0.2) is 0 Å². The highest BCUT2D eigenvalue weighted by Gasteiger charge is 2.11. The van der Waals surface area contributed by atoms with E-state index in [1.807, 2.05) is 44.2 Å². The Morgan fingerprint density at radius 3 is 1.91 bits per heavy atom. The van der Waals surface area contributed by atoms with E-state index < -0.39 is 0 Å². The second-order valence-electron chi connectivity index (χ2n) is 4.54. The molecule has 0 heterocycles. The van der Waals surface area contributed by atoms with E-state index in [9.17, 15) is 0 Å². The number of aryl methyl sites for hydroxylation is 1. The Hall–Kier alpha value is -2.54. The molecule has 0 bridgehead atoms. The summed E-state index contributed by atoms with van der Waals surface area (Å²) in [7, 11) is 0. The van der Waals surface area contributed by atoms with Crippen LogP contribution in [0.2, 0.25) is 0 Å². The molecule has 0 spiro atoms. The molecule has 0 unspecified atom stereocenters. The van der Waals surface area contributed by atoms with Crippen molar-refractivity contribution in [3.05, 3.63) is 97.2 Å². The highest BCUT2D eigenvalue weighted by atomic mass is 15.1. The van der Waals surface area contributed by atoms with Crippen molar-refractivity contribution in [2.24, 2.45) is 0 Å². The number of nitrogens with zero attached hydrogens (tertiary/aromatic N) is 1. The van der Waals surface area contributed by atoms with Crippen molar-refractivity contribution in [1.29, 1.82) is 0 Å². The number of hydrogen-bond donors (Lipinski definition) is 0. The first-order chi connectivity index (χ1) is 10.8. The van der Waals surface area contributed by atoms with Gasteiger partial charge in [0.2, 0.25) is 0 Å². The van der Waals surface area contributed by atoms with E-state index >= 15 is 0 Å². The molecule has 0 fully saturated rings. The molecule has 0 radical (unpaired) electrons. The Morgan fingerprint density at radius 2 is 1.41 bits per heavy atom. The topological polar surface area (TPSA) is 3.24 Å². The summed E-state index contributed by atoms with van der Waals surface area (Å²) in [6.07, 6.45) is 5.58. The first-order valence-corrected chi connectivity index (χ1v) is 7.63. The summed E-state index contributed by atoms with van der Waals surface area (Å²) >= 11 is 0. The second-order valence-corrected chi connectivity index (χ2v) is 4.54. The van der Waals surface area contributed by atoms with Gasteiger partial charge in [-0.15, -0.1) is 0 Å². The van der Waals surface area contributed by atoms with Gasteiger partial charge in [0.05, 0.1) is 0 Å². The Morgan fingerprint density at radius 1 is 0.864 bits per heavy atom. The number of allylic oxidation sites excluding steroid dienone is 3. The van der Waals surface area contributed by atoms with Crippen molar-refractivity contribution >= 4 is 11.4 Å². The van der Waals surface area contributed by atoms with Crippen LogP contribution in [0.3, 0.4) is 0 Å². The van der Waals surface area contributed by atoms with Gasteiger partial charge < -0.3 is 4.90 Å². The second kappa shape index (κ2) is 9.41. The molecule has 22 heavy (non-hydrogen) atoms. The molecule has 2 aromatic rings. The van der Waals surface area contributed by atoms with Gasteiger partial charge in [-0.05, 0) is 43.3 Å². The fraction of sp³-hybridized carbons (Fsp3) is 0.143.